The first kappa shape index (κ1) is 17.4. The summed E-state index contributed by atoms with van der Waals surface area (Å²) in [7, 11) is 0. The van der Waals surface area contributed by atoms with E-state index in [9.17, 15) is 0 Å². The molecule has 2 aromatic rings. The first-order valence-corrected chi connectivity index (χ1v) is 8.19. The second kappa shape index (κ2) is 9.92. The highest BCUT2D eigenvalue weighted by Crippen LogP contribution is 2.16. The minimum atomic E-state index is 0.498. The van der Waals surface area contributed by atoms with E-state index in [0.717, 1.165) is 24.5 Å². The van der Waals surface area contributed by atoms with Gasteiger partial charge in [0.05, 0.1) is 25.0 Å². The Hall–Kier alpha value is -2.98. The molecule has 0 saturated carbocycles. The number of nitriles is 2. The SMILES string of the molecule is N#CCCN(CCN(CCC#N)c1ccccc1)c1ccccc1. The van der Waals surface area contributed by atoms with E-state index < -0.39 is 0 Å². The van der Waals surface area contributed by atoms with Crippen LogP contribution in [0.3, 0.4) is 0 Å². The van der Waals surface area contributed by atoms with Gasteiger partial charge in [0.2, 0.25) is 0 Å². The van der Waals surface area contributed by atoms with Gasteiger partial charge in [-0.05, 0) is 24.3 Å². The average Bonchev–Trinajstić information content (AvgIpc) is 2.65. The van der Waals surface area contributed by atoms with Gasteiger partial charge in [-0.3, -0.25) is 0 Å². The highest BCUT2D eigenvalue weighted by Gasteiger charge is 2.10. The summed E-state index contributed by atoms with van der Waals surface area (Å²) in [5, 5.41) is 17.8. The number of rotatable bonds is 9. The second-order valence-electron chi connectivity index (χ2n) is 5.46. The van der Waals surface area contributed by atoms with Crippen LogP contribution in [0.2, 0.25) is 0 Å². The molecule has 122 valence electrons. The maximum absolute atomic E-state index is 8.91. The number of para-hydroxylation sites is 2. The number of hydrogen-bond donors (Lipinski definition) is 0. The van der Waals surface area contributed by atoms with Crippen LogP contribution in [0.25, 0.3) is 0 Å². The minimum Gasteiger partial charge on any atom is -0.369 e. The van der Waals surface area contributed by atoms with Gasteiger partial charge in [0.25, 0.3) is 0 Å². The average molecular weight is 318 g/mol. The third-order valence-electron chi connectivity index (χ3n) is 3.87. The summed E-state index contributed by atoms with van der Waals surface area (Å²) in [6, 6.07) is 24.8. The molecular weight excluding hydrogens is 296 g/mol. The normalized spacial score (nSPS) is 9.75. The van der Waals surface area contributed by atoms with E-state index in [1.54, 1.807) is 0 Å². The van der Waals surface area contributed by atoms with Crippen LogP contribution in [0.4, 0.5) is 11.4 Å². The fraction of sp³-hybridized carbons (Fsp3) is 0.300. The maximum atomic E-state index is 8.91. The van der Waals surface area contributed by atoms with Crippen molar-refractivity contribution in [2.75, 3.05) is 36.0 Å². The summed E-state index contributed by atoms with van der Waals surface area (Å²) < 4.78 is 0. The predicted octanol–water partition coefficient (Wildman–Crippen LogP) is 3.83. The van der Waals surface area contributed by atoms with Crippen molar-refractivity contribution >= 4 is 11.4 Å². The lowest BCUT2D eigenvalue weighted by Crippen LogP contribution is -2.36. The molecule has 0 aliphatic carbocycles. The third kappa shape index (κ3) is 5.34. The molecule has 2 rings (SSSR count). The van der Waals surface area contributed by atoms with Crippen LogP contribution in [0, 0.1) is 22.7 Å². The highest BCUT2D eigenvalue weighted by molar-refractivity contribution is 5.49. The highest BCUT2D eigenvalue weighted by atomic mass is 15.2. The zero-order chi connectivity index (χ0) is 17.0. The molecule has 0 N–H and O–H groups in total. The summed E-state index contributed by atoms with van der Waals surface area (Å²) >= 11 is 0. The zero-order valence-corrected chi connectivity index (χ0v) is 13.8. The molecule has 2 aromatic carbocycles. The van der Waals surface area contributed by atoms with Crippen molar-refractivity contribution in [1.82, 2.24) is 0 Å². The Labute approximate surface area is 144 Å². The predicted molar refractivity (Wildman–Crippen MR) is 97.8 cm³/mol. The Bertz CT molecular complexity index is 609. The first-order valence-electron chi connectivity index (χ1n) is 8.19. The molecule has 0 atom stereocenters. The number of hydrogen-bond acceptors (Lipinski definition) is 4. The number of nitrogens with zero attached hydrogens (tertiary/aromatic N) is 4. The van der Waals surface area contributed by atoms with Crippen LogP contribution in [0.5, 0.6) is 0 Å². The fourth-order valence-electron chi connectivity index (χ4n) is 2.63. The van der Waals surface area contributed by atoms with Crippen molar-refractivity contribution in [3.05, 3.63) is 60.7 Å². The molecule has 0 saturated heterocycles. The molecule has 0 unspecified atom stereocenters. The van der Waals surface area contributed by atoms with Crippen molar-refractivity contribution in [3.8, 4) is 12.1 Å². The van der Waals surface area contributed by atoms with E-state index in [1.807, 2.05) is 36.4 Å². The van der Waals surface area contributed by atoms with E-state index in [0.29, 0.717) is 25.9 Å². The van der Waals surface area contributed by atoms with Gasteiger partial charge < -0.3 is 9.80 Å². The lowest BCUT2D eigenvalue weighted by atomic mass is 10.2. The van der Waals surface area contributed by atoms with Crippen LogP contribution < -0.4 is 9.80 Å². The van der Waals surface area contributed by atoms with Gasteiger partial charge >= 0.3 is 0 Å². The largest absolute Gasteiger partial charge is 0.369 e. The van der Waals surface area contributed by atoms with Crippen molar-refractivity contribution in [2.24, 2.45) is 0 Å². The molecule has 0 amide bonds. The Balaban J connectivity index is 2.06. The van der Waals surface area contributed by atoms with Crippen LogP contribution in [-0.4, -0.2) is 26.2 Å². The van der Waals surface area contributed by atoms with Gasteiger partial charge in [0.1, 0.15) is 0 Å². The molecule has 0 aromatic heterocycles. The molecule has 0 heterocycles. The maximum Gasteiger partial charge on any atom is 0.0640 e. The van der Waals surface area contributed by atoms with Gasteiger partial charge in [-0.15, -0.1) is 0 Å². The summed E-state index contributed by atoms with van der Waals surface area (Å²) in [5.41, 5.74) is 2.25. The zero-order valence-electron chi connectivity index (χ0n) is 13.8. The Morgan fingerprint density at radius 2 is 0.958 bits per heavy atom. The molecular formula is C20H22N4. The molecule has 0 aliphatic heterocycles. The van der Waals surface area contributed by atoms with E-state index >= 15 is 0 Å². The Morgan fingerprint density at radius 3 is 1.29 bits per heavy atom. The van der Waals surface area contributed by atoms with Crippen molar-refractivity contribution in [2.45, 2.75) is 12.8 Å². The lowest BCUT2D eigenvalue weighted by Gasteiger charge is -2.29. The lowest BCUT2D eigenvalue weighted by molar-refractivity contribution is 0.728. The molecule has 0 aliphatic rings. The molecule has 4 nitrogen and oxygen atoms in total. The van der Waals surface area contributed by atoms with Gasteiger partial charge in [0, 0.05) is 37.6 Å². The van der Waals surface area contributed by atoms with Crippen molar-refractivity contribution in [3.63, 3.8) is 0 Å². The van der Waals surface area contributed by atoms with Gasteiger partial charge in [-0.2, -0.15) is 10.5 Å². The number of benzene rings is 2. The second-order valence-corrected chi connectivity index (χ2v) is 5.46. The Morgan fingerprint density at radius 1 is 0.583 bits per heavy atom. The molecule has 0 radical (unpaired) electrons. The van der Waals surface area contributed by atoms with Gasteiger partial charge in [0.15, 0.2) is 0 Å². The van der Waals surface area contributed by atoms with E-state index in [2.05, 4.69) is 46.2 Å². The number of anilines is 2. The van der Waals surface area contributed by atoms with E-state index in [1.165, 1.54) is 0 Å². The summed E-state index contributed by atoms with van der Waals surface area (Å²) in [6.07, 6.45) is 0.997. The summed E-state index contributed by atoms with van der Waals surface area (Å²) in [4.78, 5) is 4.46. The van der Waals surface area contributed by atoms with Crippen LogP contribution in [0.1, 0.15) is 12.8 Å². The van der Waals surface area contributed by atoms with Crippen molar-refractivity contribution in [1.29, 1.82) is 10.5 Å². The van der Waals surface area contributed by atoms with Gasteiger partial charge in [-0.25, -0.2) is 0 Å². The van der Waals surface area contributed by atoms with E-state index in [4.69, 9.17) is 10.5 Å². The Kier molecular flexibility index (Phi) is 7.18. The van der Waals surface area contributed by atoms with E-state index in [-0.39, 0.29) is 0 Å². The fourth-order valence-corrected chi connectivity index (χ4v) is 2.63. The standard InChI is InChI=1S/C20H22N4/c21-13-7-15-23(19-9-3-1-4-10-19)17-18-24(16-8-14-22)20-11-5-2-6-12-20/h1-6,9-12H,7-8,15-18H2. The summed E-state index contributed by atoms with van der Waals surface area (Å²) in [6.45, 7) is 3.04. The first-order chi connectivity index (χ1) is 11.8. The third-order valence-corrected chi connectivity index (χ3v) is 3.87. The molecule has 0 bridgehead atoms. The summed E-state index contributed by atoms with van der Waals surface area (Å²) in [5.74, 6) is 0. The molecule has 0 fully saturated rings. The van der Waals surface area contributed by atoms with Crippen LogP contribution in [-0.2, 0) is 0 Å². The molecule has 0 spiro atoms. The quantitative estimate of drug-likeness (QED) is 0.705. The topological polar surface area (TPSA) is 54.1 Å². The van der Waals surface area contributed by atoms with Gasteiger partial charge in [-0.1, -0.05) is 36.4 Å². The van der Waals surface area contributed by atoms with Crippen molar-refractivity contribution < 1.29 is 0 Å². The smallest absolute Gasteiger partial charge is 0.0640 e. The molecule has 24 heavy (non-hydrogen) atoms. The minimum absolute atomic E-state index is 0.498. The van der Waals surface area contributed by atoms with Crippen LogP contribution in [0.15, 0.2) is 60.7 Å². The van der Waals surface area contributed by atoms with Crippen LogP contribution >= 0.6 is 0 Å². The monoisotopic (exact) mass is 318 g/mol. The molecule has 4 heteroatoms.